The molecule has 0 bridgehead atoms. The zero-order valence-electron chi connectivity index (χ0n) is 4.53. The summed E-state index contributed by atoms with van der Waals surface area (Å²) in [6, 6.07) is 0. The Labute approximate surface area is 53.3 Å². The second-order valence-electron chi connectivity index (χ2n) is 1.34. The molecule has 0 atom stereocenters. The first-order chi connectivity index (χ1) is 4.39. The first-order valence-corrected chi connectivity index (χ1v) is 2.05. The van der Waals surface area contributed by atoms with E-state index in [2.05, 4.69) is 0 Å². The Balaban J connectivity index is 4.38. The third-order valence-electron chi connectivity index (χ3n) is 0.612. The highest BCUT2D eigenvalue weighted by atomic mass is 19.4. The van der Waals surface area contributed by atoms with Gasteiger partial charge in [0.25, 0.3) is 0 Å². The molecule has 0 aromatic carbocycles. The van der Waals surface area contributed by atoms with E-state index in [0.717, 1.165) is 0 Å². The third kappa shape index (κ3) is 1.96. The minimum Gasteiger partial charge on any atom is -0.305 e. The van der Waals surface area contributed by atoms with E-state index in [0.29, 0.717) is 0 Å². The Morgan fingerprint density at radius 1 is 1.30 bits per heavy atom. The first kappa shape index (κ1) is 8.80. The molecule has 56 valence electrons. The Morgan fingerprint density at radius 2 is 1.70 bits per heavy atom. The van der Waals surface area contributed by atoms with Crippen molar-refractivity contribution >= 4 is 17.8 Å². The molecule has 0 aliphatic carbocycles. The van der Waals surface area contributed by atoms with E-state index in [4.69, 9.17) is 5.41 Å². The fourth-order valence-corrected chi connectivity index (χ4v) is 0.205. The number of hydrogen-bond donors (Lipinski definition) is 1. The number of nitrogens with one attached hydrogen (secondary N) is 1. The lowest BCUT2D eigenvalue weighted by Gasteiger charge is -1.98. The molecule has 0 aliphatic rings. The van der Waals surface area contributed by atoms with E-state index in [9.17, 15) is 22.8 Å². The van der Waals surface area contributed by atoms with Gasteiger partial charge in [0, 0.05) is 0 Å². The van der Waals surface area contributed by atoms with Crippen LogP contribution < -0.4 is 0 Å². The molecule has 0 aromatic rings. The molecule has 10 heavy (non-hydrogen) atoms. The summed E-state index contributed by atoms with van der Waals surface area (Å²) in [5.74, 6) is -4.37. The van der Waals surface area contributed by atoms with Crippen molar-refractivity contribution in [3.63, 3.8) is 0 Å². The number of carbonyl (C=O) groups excluding carboxylic acids is 2. The van der Waals surface area contributed by atoms with Crippen molar-refractivity contribution in [3.05, 3.63) is 0 Å². The van der Waals surface area contributed by atoms with Crippen LogP contribution in [0.5, 0.6) is 0 Å². The molecule has 0 unspecified atom stereocenters. The van der Waals surface area contributed by atoms with Gasteiger partial charge < -0.3 is 5.41 Å². The molecule has 0 rings (SSSR count). The van der Waals surface area contributed by atoms with Crippen molar-refractivity contribution in [2.45, 2.75) is 6.18 Å². The quantitative estimate of drug-likeness (QED) is 0.459. The SMILES string of the molecule is N=CC(=O)C(=O)C(F)(F)F. The number of rotatable bonds is 2. The van der Waals surface area contributed by atoms with Gasteiger partial charge in [-0.2, -0.15) is 13.2 Å². The van der Waals surface area contributed by atoms with Crippen LogP contribution >= 0.6 is 0 Å². The van der Waals surface area contributed by atoms with Crippen molar-refractivity contribution in [1.29, 1.82) is 5.41 Å². The second-order valence-corrected chi connectivity index (χ2v) is 1.34. The standard InChI is InChI=1S/C4H2F3NO2/c5-4(6,7)3(10)2(9)1-8/h1,8H. The molecule has 6 heteroatoms. The largest absolute Gasteiger partial charge is 0.458 e. The molecule has 0 spiro atoms. The summed E-state index contributed by atoms with van der Waals surface area (Å²) in [5, 5.41) is 6.02. The van der Waals surface area contributed by atoms with Crippen LogP contribution in [-0.4, -0.2) is 24.0 Å². The molecule has 0 fully saturated rings. The van der Waals surface area contributed by atoms with Crippen LogP contribution in [0, 0.1) is 5.41 Å². The number of hydrogen-bond acceptors (Lipinski definition) is 3. The lowest BCUT2D eigenvalue weighted by molar-refractivity contribution is -0.172. The summed E-state index contributed by atoms with van der Waals surface area (Å²) >= 11 is 0. The molecule has 0 saturated carbocycles. The van der Waals surface area contributed by atoms with Crippen LogP contribution in [0.25, 0.3) is 0 Å². The molecule has 0 saturated heterocycles. The smallest absolute Gasteiger partial charge is 0.305 e. The van der Waals surface area contributed by atoms with E-state index >= 15 is 0 Å². The zero-order chi connectivity index (χ0) is 8.36. The van der Waals surface area contributed by atoms with Crippen molar-refractivity contribution in [1.82, 2.24) is 0 Å². The number of alkyl halides is 3. The third-order valence-corrected chi connectivity index (χ3v) is 0.612. The molecule has 1 N–H and O–H groups in total. The highest BCUT2D eigenvalue weighted by Crippen LogP contribution is 2.15. The van der Waals surface area contributed by atoms with Crippen molar-refractivity contribution in [3.8, 4) is 0 Å². The Bertz CT molecular complexity index is 183. The molecule has 0 heterocycles. The highest BCUT2D eigenvalue weighted by molar-refractivity contribution is 6.59. The molecular weight excluding hydrogens is 151 g/mol. The van der Waals surface area contributed by atoms with E-state index < -0.39 is 17.7 Å². The van der Waals surface area contributed by atoms with Gasteiger partial charge in [-0.1, -0.05) is 0 Å². The van der Waals surface area contributed by atoms with Crippen LogP contribution in [0.4, 0.5) is 13.2 Å². The fourth-order valence-electron chi connectivity index (χ4n) is 0.205. The number of Topliss-reactive ketones (excluding diaryl/α,β-unsaturated/α-hetero) is 2. The predicted molar refractivity (Wildman–Crippen MR) is 24.9 cm³/mol. The van der Waals surface area contributed by atoms with E-state index in [1.807, 2.05) is 0 Å². The van der Waals surface area contributed by atoms with E-state index in [1.165, 1.54) is 0 Å². The Kier molecular flexibility index (Phi) is 2.28. The second kappa shape index (κ2) is 2.59. The number of halogens is 3. The normalized spacial score (nSPS) is 10.7. The zero-order valence-corrected chi connectivity index (χ0v) is 4.53. The van der Waals surface area contributed by atoms with Gasteiger partial charge in [-0.3, -0.25) is 9.59 Å². The average Bonchev–Trinajstić information content (AvgIpc) is 1.83. The van der Waals surface area contributed by atoms with E-state index in [-0.39, 0.29) is 6.21 Å². The van der Waals surface area contributed by atoms with Crippen LogP contribution in [0.2, 0.25) is 0 Å². The van der Waals surface area contributed by atoms with E-state index in [1.54, 1.807) is 0 Å². The summed E-state index contributed by atoms with van der Waals surface area (Å²) < 4.78 is 33.6. The summed E-state index contributed by atoms with van der Waals surface area (Å²) in [6.45, 7) is 0. The van der Waals surface area contributed by atoms with Gasteiger partial charge in [-0.25, -0.2) is 0 Å². The average molecular weight is 153 g/mol. The van der Waals surface area contributed by atoms with Gasteiger partial charge in [0.05, 0.1) is 6.21 Å². The fraction of sp³-hybridized carbons (Fsp3) is 0.250. The summed E-state index contributed by atoms with van der Waals surface area (Å²) in [4.78, 5) is 19.6. The van der Waals surface area contributed by atoms with Gasteiger partial charge in [0.2, 0.25) is 5.78 Å². The lowest BCUT2D eigenvalue weighted by Crippen LogP contribution is -2.31. The maximum absolute atomic E-state index is 11.2. The molecule has 3 nitrogen and oxygen atoms in total. The monoisotopic (exact) mass is 153 g/mol. The maximum atomic E-state index is 11.2. The lowest BCUT2D eigenvalue weighted by atomic mass is 10.3. The maximum Gasteiger partial charge on any atom is 0.458 e. The Hall–Kier alpha value is -1.20. The first-order valence-electron chi connectivity index (χ1n) is 2.05. The summed E-state index contributed by atoms with van der Waals surface area (Å²) in [7, 11) is 0. The minimum absolute atomic E-state index is 0.171. The molecule has 0 amide bonds. The van der Waals surface area contributed by atoms with Crippen LogP contribution in [0.1, 0.15) is 0 Å². The van der Waals surface area contributed by atoms with Gasteiger partial charge in [-0.05, 0) is 0 Å². The topological polar surface area (TPSA) is 58.0 Å². The van der Waals surface area contributed by atoms with Gasteiger partial charge in [0.1, 0.15) is 0 Å². The number of carbonyl (C=O) groups is 2. The van der Waals surface area contributed by atoms with Gasteiger partial charge >= 0.3 is 12.0 Å². The van der Waals surface area contributed by atoms with Gasteiger partial charge in [0.15, 0.2) is 0 Å². The van der Waals surface area contributed by atoms with Crippen LogP contribution in [0.15, 0.2) is 0 Å². The Morgan fingerprint density at radius 3 is 1.80 bits per heavy atom. The van der Waals surface area contributed by atoms with Crippen molar-refractivity contribution in [2.24, 2.45) is 0 Å². The van der Waals surface area contributed by atoms with Gasteiger partial charge in [-0.15, -0.1) is 0 Å². The van der Waals surface area contributed by atoms with Crippen molar-refractivity contribution in [2.75, 3.05) is 0 Å². The molecule has 0 aromatic heterocycles. The van der Waals surface area contributed by atoms with Crippen LogP contribution in [-0.2, 0) is 9.59 Å². The highest BCUT2D eigenvalue weighted by Gasteiger charge is 2.42. The summed E-state index contributed by atoms with van der Waals surface area (Å²) in [5.41, 5.74) is 0. The minimum atomic E-state index is -5.16. The molecular formula is C4H2F3NO2. The molecule has 0 radical (unpaired) electrons. The summed E-state index contributed by atoms with van der Waals surface area (Å²) in [6.07, 6.45) is -5.33. The number of ketones is 2. The van der Waals surface area contributed by atoms with Crippen molar-refractivity contribution < 1.29 is 22.8 Å². The van der Waals surface area contributed by atoms with Crippen LogP contribution in [0.3, 0.4) is 0 Å². The molecule has 0 aliphatic heterocycles. The predicted octanol–water partition coefficient (Wildman–Crippen LogP) is 0.336.